The predicted molar refractivity (Wildman–Crippen MR) is 149 cm³/mol. The maximum absolute atomic E-state index is 15.3. The number of rotatable bonds is 7. The first-order chi connectivity index (χ1) is 18.4. The summed E-state index contributed by atoms with van der Waals surface area (Å²) in [5.74, 6) is -0.429. The lowest BCUT2D eigenvalue weighted by Crippen LogP contribution is -2.10. The van der Waals surface area contributed by atoms with E-state index in [9.17, 15) is 13.2 Å². The third-order valence-corrected chi connectivity index (χ3v) is 6.85. The van der Waals surface area contributed by atoms with Crippen LogP contribution >= 0.6 is 11.6 Å². The third kappa shape index (κ3) is 5.31. The fraction of sp³-hybridized carbons (Fsp3) is 0.111. The lowest BCUT2D eigenvalue weighted by molar-refractivity contribution is 0.103. The van der Waals surface area contributed by atoms with Gasteiger partial charge in [-0.1, -0.05) is 17.7 Å². The van der Waals surface area contributed by atoms with Gasteiger partial charge in [-0.2, -0.15) is 5.10 Å². The zero-order chi connectivity index (χ0) is 28.1. The van der Waals surface area contributed by atoms with Crippen LogP contribution in [0.15, 0.2) is 60.8 Å². The molecule has 5 aromatic rings. The molecule has 12 heteroatoms. The summed E-state index contributed by atoms with van der Waals surface area (Å²) in [7, 11) is -3.48. The molecule has 9 nitrogen and oxygen atoms in total. The Labute approximate surface area is 228 Å². The van der Waals surface area contributed by atoms with Crippen molar-refractivity contribution >= 4 is 49.8 Å². The highest BCUT2D eigenvalue weighted by Crippen LogP contribution is 2.32. The highest BCUT2D eigenvalue weighted by molar-refractivity contribution is 7.92. The van der Waals surface area contributed by atoms with Crippen LogP contribution in [0.25, 0.3) is 16.6 Å². The van der Waals surface area contributed by atoms with Crippen LogP contribution in [-0.4, -0.2) is 35.2 Å². The average Bonchev–Trinajstić information content (AvgIpc) is 3.41. The largest absolute Gasteiger partial charge is 0.457 e. The second-order valence-electron chi connectivity index (χ2n) is 9.13. The van der Waals surface area contributed by atoms with E-state index in [2.05, 4.69) is 14.8 Å². The number of hydrogen-bond donors (Lipinski definition) is 3. The van der Waals surface area contributed by atoms with Crippen LogP contribution in [0, 0.1) is 19.7 Å². The van der Waals surface area contributed by atoms with Crippen LogP contribution in [0.3, 0.4) is 0 Å². The standard InChI is InChI=1S/C27H23ClFN5O4S/c1-14-7-16-9-24(32-23(16)12-22(14)33-39(3,36)37)26(35)20-13-31-34(27(20)30)25-15(2)8-19(11-21(25)29)38-18-6-4-5-17(28)10-18/h4-13,32-33H,30H2,1-3H3. The molecular formula is C27H23ClFN5O4S. The molecule has 0 unspecified atom stereocenters. The number of nitrogens with zero attached hydrogens (tertiary/aromatic N) is 2. The highest BCUT2D eigenvalue weighted by Gasteiger charge is 2.23. The number of nitrogens with one attached hydrogen (secondary N) is 2. The summed E-state index contributed by atoms with van der Waals surface area (Å²) in [4.78, 5) is 16.3. The number of fused-ring (bicyclic) bond motifs is 1. The minimum Gasteiger partial charge on any atom is -0.457 e. The van der Waals surface area contributed by atoms with Crippen LogP contribution in [0.5, 0.6) is 11.5 Å². The van der Waals surface area contributed by atoms with E-state index in [4.69, 9.17) is 22.1 Å². The number of hydrogen-bond acceptors (Lipinski definition) is 6. The summed E-state index contributed by atoms with van der Waals surface area (Å²) in [6, 6.07) is 14.6. The van der Waals surface area contributed by atoms with Crippen LogP contribution in [0.2, 0.25) is 5.02 Å². The molecule has 2 heterocycles. The number of halogens is 2. The number of sulfonamides is 1. The number of nitrogen functional groups attached to an aromatic ring is 1. The third-order valence-electron chi connectivity index (χ3n) is 6.03. The van der Waals surface area contributed by atoms with E-state index in [0.717, 1.165) is 6.26 Å². The fourth-order valence-electron chi connectivity index (χ4n) is 4.28. The van der Waals surface area contributed by atoms with Gasteiger partial charge >= 0.3 is 0 Å². The molecule has 5 rings (SSSR count). The Morgan fingerprint density at radius 3 is 2.56 bits per heavy atom. The average molecular weight is 568 g/mol. The van der Waals surface area contributed by atoms with Gasteiger partial charge in [0.05, 0.1) is 29.4 Å². The van der Waals surface area contributed by atoms with Gasteiger partial charge in [-0.3, -0.25) is 9.52 Å². The van der Waals surface area contributed by atoms with Gasteiger partial charge in [-0.15, -0.1) is 0 Å². The number of aromatic nitrogens is 3. The van der Waals surface area contributed by atoms with Crippen LogP contribution in [0.4, 0.5) is 15.9 Å². The Morgan fingerprint density at radius 1 is 1.10 bits per heavy atom. The summed E-state index contributed by atoms with van der Waals surface area (Å²) >= 11 is 5.99. The minimum atomic E-state index is -3.48. The highest BCUT2D eigenvalue weighted by atomic mass is 35.5. The van der Waals surface area contributed by atoms with Crippen molar-refractivity contribution in [2.75, 3.05) is 16.7 Å². The zero-order valence-electron chi connectivity index (χ0n) is 21.0. The minimum absolute atomic E-state index is 0.0419. The topological polar surface area (TPSA) is 132 Å². The summed E-state index contributed by atoms with van der Waals surface area (Å²) in [5.41, 5.74) is 8.76. The molecule has 39 heavy (non-hydrogen) atoms. The van der Waals surface area contributed by atoms with Crippen molar-refractivity contribution in [3.63, 3.8) is 0 Å². The molecule has 0 spiro atoms. The normalized spacial score (nSPS) is 11.6. The summed E-state index contributed by atoms with van der Waals surface area (Å²) in [6.45, 7) is 3.43. The van der Waals surface area contributed by atoms with Gasteiger partial charge < -0.3 is 15.5 Å². The van der Waals surface area contributed by atoms with E-state index in [1.54, 1.807) is 62.4 Å². The van der Waals surface area contributed by atoms with Crippen molar-refractivity contribution in [2.45, 2.75) is 13.8 Å². The molecule has 3 aromatic carbocycles. The lowest BCUT2D eigenvalue weighted by Gasteiger charge is -2.13. The Morgan fingerprint density at radius 2 is 1.87 bits per heavy atom. The number of carbonyl (C=O) groups is 1. The summed E-state index contributed by atoms with van der Waals surface area (Å²) in [6.07, 6.45) is 2.34. The molecule has 2 aromatic heterocycles. The van der Waals surface area contributed by atoms with Gasteiger partial charge in [0, 0.05) is 22.0 Å². The number of nitrogens with two attached hydrogens (primary N) is 1. The Hall–Kier alpha value is -4.35. The van der Waals surface area contributed by atoms with Gasteiger partial charge in [0.2, 0.25) is 15.8 Å². The molecule has 0 aliphatic carbocycles. The number of carbonyl (C=O) groups excluding carboxylic acids is 1. The number of ether oxygens (including phenoxy) is 1. The monoisotopic (exact) mass is 567 g/mol. The Balaban J connectivity index is 1.46. The lowest BCUT2D eigenvalue weighted by atomic mass is 10.1. The van der Waals surface area contributed by atoms with E-state index >= 15 is 4.39 Å². The number of H-pyrrole nitrogens is 1. The molecule has 0 aliphatic heterocycles. The van der Waals surface area contributed by atoms with Crippen molar-refractivity contribution in [1.82, 2.24) is 14.8 Å². The molecule has 0 saturated heterocycles. The molecule has 0 fully saturated rings. The molecule has 200 valence electrons. The first kappa shape index (κ1) is 26.3. The number of aryl methyl sites for hydroxylation is 2. The Bertz CT molecular complexity index is 1860. The maximum Gasteiger partial charge on any atom is 0.229 e. The molecular weight excluding hydrogens is 545 g/mol. The second kappa shape index (κ2) is 9.75. The van der Waals surface area contributed by atoms with E-state index in [-0.39, 0.29) is 28.5 Å². The fourth-order valence-corrected chi connectivity index (χ4v) is 5.08. The quantitative estimate of drug-likeness (QED) is 0.215. The molecule has 0 atom stereocenters. The van der Waals surface area contributed by atoms with Crippen molar-refractivity contribution in [3.8, 4) is 17.2 Å². The van der Waals surface area contributed by atoms with Gasteiger partial charge in [-0.05, 0) is 67.4 Å². The Kier molecular flexibility index (Phi) is 6.57. The molecule has 0 aliphatic rings. The number of anilines is 2. The van der Waals surface area contributed by atoms with E-state index in [1.807, 2.05) is 0 Å². The van der Waals surface area contributed by atoms with Crippen molar-refractivity contribution in [3.05, 3.63) is 94.0 Å². The maximum atomic E-state index is 15.3. The summed E-state index contributed by atoms with van der Waals surface area (Å²) in [5, 5.41) is 5.38. The molecule has 0 saturated carbocycles. The van der Waals surface area contributed by atoms with Crippen LogP contribution < -0.4 is 15.2 Å². The molecule has 0 bridgehead atoms. The van der Waals surface area contributed by atoms with E-state index < -0.39 is 21.6 Å². The van der Waals surface area contributed by atoms with Crippen molar-refractivity contribution in [1.29, 1.82) is 0 Å². The van der Waals surface area contributed by atoms with Crippen molar-refractivity contribution in [2.24, 2.45) is 0 Å². The SMILES string of the molecule is Cc1cc2cc(C(=O)c3cnn(-c4c(C)cc(Oc5cccc(Cl)c5)cc4F)c3N)[nH]c2cc1NS(C)(=O)=O. The molecule has 0 radical (unpaired) electrons. The first-order valence-corrected chi connectivity index (χ1v) is 13.9. The van der Waals surface area contributed by atoms with Gasteiger partial charge in [0.25, 0.3) is 0 Å². The van der Waals surface area contributed by atoms with E-state index in [0.29, 0.717) is 38.5 Å². The van der Waals surface area contributed by atoms with Crippen molar-refractivity contribution < 1.29 is 22.3 Å². The molecule has 4 N–H and O–H groups in total. The van der Waals surface area contributed by atoms with Gasteiger partial charge in [0.1, 0.15) is 23.0 Å². The molecule has 0 amide bonds. The zero-order valence-corrected chi connectivity index (χ0v) is 22.6. The number of ketones is 1. The number of aromatic amines is 1. The van der Waals surface area contributed by atoms with E-state index in [1.165, 1.54) is 16.9 Å². The van der Waals surface area contributed by atoms with Crippen LogP contribution in [0.1, 0.15) is 27.2 Å². The van der Waals surface area contributed by atoms with Gasteiger partial charge in [-0.25, -0.2) is 17.5 Å². The second-order valence-corrected chi connectivity index (χ2v) is 11.3. The first-order valence-electron chi connectivity index (χ1n) is 11.6. The number of benzene rings is 3. The predicted octanol–water partition coefficient (Wildman–Crippen LogP) is 5.74. The van der Waals surface area contributed by atoms with Crippen LogP contribution in [-0.2, 0) is 10.0 Å². The van der Waals surface area contributed by atoms with Gasteiger partial charge in [0.15, 0.2) is 5.82 Å². The summed E-state index contributed by atoms with van der Waals surface area (Å²) < 4.78 is 48.0. The smallest absolute Gasteiger partial charge is 0.229 e.